The fourth-order valence-corrected chi connectivity index (χ4v) is 3.77. The molecular weight excluding hydrogens is 336 g/mol. The topological polar surface area (TPSA) is 95.8 Å². The van der Waals surface area contributed by atoms with Gasteiger partial charge < -0.3 is 15.1 Å². The van der Waals surface area contributed by atoms with Gasteiger partial charge in [-0.25, -0.2) is 0 Å². The molecule has 2 amide bonds. The molecule has 3 rings (SSSR count). The Bertz CT molecular complexity index is 736. The number of hydrogen-bond acceptors (Lipinski definition) is 5. The Labute approximate surface area is 152 Å². The van der Waals surface area contributed by atoms with Gasteiger partial charge in [0.1, 0.15) is 6.04 Å². The van der Waals surface area contributed by atoms with Crippen molar-refractivity contribution >= 4 is 17.5 Å². The maximum atomic E-state index is 12.9. The highest BCUT2D eigenvalue weighted by Gasteiger charge is 2.37. The fourth-order valence-electron chi connectivity index (χ4n) is 3.77. The number of nitrogens with one attached hydrogen (secondary N) is 1. The second kappa shape index (κ2) is 7.41. The Morgan fingerprint density at radius 2 is 2.08 bits per heavy atom. The molecule has 0 radical (unpaired) electrons. The number of nitrogens with zero attached hydrogens (tertiary/aromatic N) is 3. The Balaban J connectivity index is 1.77. The first-order chi connectivity index (χ1) is 12.4. The summed E-state index contributed by atoms with van der Waals surface area (Å²) >= 11 is 0. The van der Waals surface area contributed by atoms with Crippen molar-refractivity contribution in [3.8, 4) is 0 Å². The lowest BCUT2D eigenvalue weighted by molar-refractivity contribution is -0.385. The van der Waals surface area contributed by atoms with Crippen LogP contribution in [0.4, 0.5) is 5.69 Å². The van der Waals surface area contributed by atoms with Crippen LogP contribution < -0.4 is 5.32 Å². The van der Waals surface area contributed by atoms with Crippen molar-refractivity contribution in [2.75, 3.05) is 26.2 Å². The molecule has 26 heavy (non-hydrogen) atoms. The molecule has 2 heterocycles. The van der Waals surface area contributed by atoms with Crippen LogP contribution in [0.2, 0.25) is 0 Å². The number of amides is 2. The largest absolute Gasteiger partial charge is 0.338 e. The van der Waals surface area contributed by atoms with E-state index in [1.54, 1.807) is 11.8 Å². The van der Waals surface area contributed by atoms with Gasteiger partial charge in [0.15, 0.2) is 0 Å². The molecule has 1 aromatic rings. The molecule has 1 aromatic carbocycles. The predicted octanol–water partition coefficient (Wildman–Crippen LogP) is 1.33. The highest BCUT2D eigenvalue weighted by molar-refractivity contribution is 5.98. The molecule has 0 aromatic heterocycles. The summed E-state index contributed by atoms with van der Waals surface area (Å²) in [6, 6.07) is 4.17. The van der Waals surface area contributed by atoms with Crippen LogP contribution in [-0.2, 0) is 4.79 Å². The van der Waals surface area contributed by atoms with E-state index in [1.807, 2.05) is 11.8 Å². The zero-order valence-corrected chi connectivity index (χ0v) is 15.1. The Hall–Kier alpha value is -2.48. The number of likely N-dealkylation sites (tertiary alicyclic amines) is 1. The van der Waals surface area contributed by atoms with Gasteiger partial charge in [0.05, 0.1) is 4.92 Å². The third-order valence-corrected chi connectivity index (χ3v) is 5.12. The minimum absolute atomic E-state index is 0.00262. The predicted molar refractivity (Wildman–Crippen MR) is 95.9 cm³/mol. The third kappa shape index (κ3) is 3.55. The summed E-state index contributed by atoms with van der Waals surface area (Å²) in [5.74, 6) is -0.232. The van der Waals surface area contributed by atoms with E-state index in [4.69, 9.17) is 0 Å². The monoisotopic (exact) mass is 360 g/mol. The van der Waals surface area contributed by atoms with Crippen molar-refractivity contribution in [2.45, 2.75) is 38.8 Å². The molecule has 0 spiro atoms. The molecule has 0 saturated carbocycles. The molecule has 2 atom stereocenters. The number of rotatable bonds is 3. The van der Waals surface area contributed by atoms with E-state index in [1.165, 1.54) is 18.2 Å². The molecule has 2 aliphatic heterocycles. The van der Waals surface area contributed by atoms with Crippen molar-refractivity contribution in [1.29, 1.82) is 0 Å². The van der Waals surface area contributed by atoms with Gasteiger partial charge >= 0.3 is 0 Å². The average Bonchev–Trinajstić information content (AvgIpc) is 3.09. The van der Waals surface area contributed by atoms with Crippen molar-refractivity contribution in [1.82, 2.24) is 15.1 Å². The maximum Gasteiger partial charge on any atom is 0.272 e. The molecule has 2 fully saturated rings. The number of nitro benzene ring substituents is 1. The van der Waals surface area contributed by atoms with Crippen molar-refractivity contribution < 1.29 is 14.5 Å². The molecule has 1 N–H and O–H groups in total. The van der Waals surface area contributed by atoms with Crippen LogP contribution in [0.25, 0.3) is 0 Å². The number of piperazine rings is 1. The summed E-state index contributed by atoms with van der Waals surface area (Å²) in [6.07, 6.45) is 1.45. The van der Waals surface area contributed by atoms with Crippen LogP contribution in [0.1, 0.15) is 35.7 Å². The molecule has 2 saturated heterocycles. The molecule has 2 unspecified atom stereocenters. The molecular formula is C18H24N4O4. The fraction of sp³-hybridized carbons (Fsp3) is 0.556. The van der Waals surface area contributed by atoms with Gasteiger partial charge in [0.2, 0.25) is 5.91 Å². The summed E-state index contributed by atoms with van der Waals surface area (Å²) in [6.45, 7) is 6.24. The van der Waals surface area contributed by atoms with Crippen molar-refractivity contribution in [3.63, 3.8) is 0 Å². The van der Waals surface area contributed by atoms with E-state index in [0.29, 0.717) is 37.2 Å². The van der Waals surface area contributed by atoms with E-state index in [2.05, 4.69) is 5.32 Å². The Kier molecular flexibility index (Phi) is 5.22. The molecule has 0 bridgehead atoms. The second-order valence-corrected chi connectivity index (χ2v) is 7.05. The summed E-state index contributed by atoms with van der Waals surface area (Å²) < 4.78 is 0. The Morgan fingerprint density at radius 3 is 2.73 bits per heavy atom. The smallest absolute Gasteiger partial charge is 0.272 e. The van der Waals surface area contributed by atoms with E-state index in [0.717, 1.165) is 13.0 Å². The zero-order chi connectivity index (χ0) is 18.8. The van der Waals surface area contributed by atoms with Gasteiger partial charge in [0, 0.05) is 49.4 Å². The average molecular weight is 360 g/mol. The summed E-state index contributed by atoms with van der Waals surface area (Å²) in [5.41, 5.74) is 0.825. The summed E-state index contributed by atoms with van der Waals surface area (Å²) in [7, 11) is 0. The first kappa shape index (κ1) is 18.3. The van der Waals surface area contributed by atoms with Crippen LogP contribution in [0.15, 0.2) is 18.2 Å². The lowest BCUT2D eigenvalue weighted by Crippen LogP contribution is -2.56. The van der Waals surface area contributed by atoms with Crippen LogP contribution in [0, 0.1) is 17.0 Å². The van der Waals surface area contributed by atoms with E-state index in [9.17, 15) is 19.7 Å². The number of carbonyl (C=O) groups excluding carboxylic acids is 2. The second-order valence-electron chi connectivity index (χ2n) is 7.05. The van der Waals surface area contributed by atoms with Crippen molar-refractivity contribution in [2.24, 2.45) is 0 Å². The summed E-state index contributed by atoms with van der Waals surface area (Å²) in [4.78, 5) is 39.8. The first-order valence-electron chi connectivity index (χ1n) is 8.96. The number of hydrogen-bond donors (Lipinski definition) is 1. The molecule has 0 aliphatic carbocycles. The molecule has 8 heteroatoms. The molecule has 2 aliphatic rings. The van der Waals surface area contributed by atoms with Gasteiger partial charge in [-0.3, -0.25) is 19.7 Å². The van der Waals surface area contributed by atoms with Crippen LogP contribution in [0.3, 0.4) is 0 Å². The maximum absolute atomic E-state index is 12.9. The van der Waals surface area contributed by atoms with Gasteiger partial charge in [-0.15, -0.1) is 0 Å². The number of nitro groups is 1. The standard InChI is InChI=1S/C18H24N4O4/c1-12-10-14(5-6-15(12)22(25)26)17(23)21-8-3-4-16(21)18(24)20-9-7-19-13(2)11-20/h5-6,10,13,16,19H,3-4,7-9,11H2,1-2H3. The highest BCUT2D eigenvalue weighted by Crippen LogP contribution is 2.25. The zero-order valence-electron chi connectivity index (χ0n) is 15.1. The minimum atomic E-state index is -0.461. The van der Waals surface area contributed by atoms with Crippen LogP contribution >= 0.6 is 0 Å². The van der Waals surface area contributed by atoms with E-state index < -0.39 is 11.0 Å². The minimum Gasteiger partial charge on any atom is -0.338 e. The van der Waals surface area contributed by atoms with Gasteiger partial charge in [-0.05, 0) is 38.8 Å². The lowest BCUT2D eigenvalue weighted by Gasteiger charge is -2.35. The quantitative estimate of drug-likeness (QED) is 0.648. The molecule has 8 nitrogen and oxygen atoms in total. The Morgan fingerprint density at radius 1 is 1.31 bits per heavy atom. The van der Waals surface area contributed by atoms with E-state index in [-0.39, 0.29) is 23.5 Å². The van der Waals surface area contributed by atoms with E-state index >= 15 is 0 Å². The van der Waals surface area contributed by atoms with Gasteiger partial charge in [-0.1, -0.05) is 0 Å². The van der Waals surface area contributed by atoms with Crippen LogP contribution in [-0.4, -0.2) is 64.8 Å². The number of aryl methyl sites for hydroxylation is 1. The van der Waals surface area contributed by atoms with Gasteiger partial charge in [0.25, 0.3) is 11.6 Å². The number of benzene rings is 1. The van der Waals surface area contributed by atoms with Crippen molar-refractivity contribution in [3.05, 3.63) is 39.4 Å². The lowest BCUT2D eigenvalue weighted by atomic mass is 10.1. The first-order valence-corrected chi connectivity index (χ1v) is 8.96. The third-order valence-electron chi connectivity index (χ3n) is 5.12. The summed E-state index contributed by atoms with van der Waals surface area (Å²) in [5, 5.41) is 14.3. The van der Waals surface area contributed by atoms with Crippen LogP contribution in [0.5, 0.6) is 0 Å². The SMILES string of the molecule is Cc1cc(C(=O)N2CCCC2C(=O)N2CCNC(C)C2)ccc1[N+](=O)[O-]. The molecule has 140 valence electrons. The number of carbonyl (C=O) groups is 2. The van der Waals surface area contributed by atoms with Gasteiger partial charge in [-0.2, -0.15) is 0 Å². The highest BCUT2D eigenvalue weighted by atomic mass is 16.6. The normalized spacial score (nSPS) is 23.2.